The van der Waals surface area contributed by atoms with E-state index >= 15 is 0 Å². The number of hydrogen-bond donors (Lipinski definition) is 2. The summed E-state index contributed by atoms with van der Waals surface area (Å²) in [6, 6.07) is 21.3. The number of piperidine rings is 1. The van der Waals surface area contributed by atoms with Crippen LogP contribution in [0.15, 0.2) is 66.7 Å². The summed E-state index contributed by atoms with van der Waals surface area (Å²) in [5.74, 6) is 0.622. The Morgan fingerprint density at radius 1 is 1.00 bits per heavy atom. The zero-order valence-corrected chi connectivity index (χ0v) is 23.0. The van der Waals surface area contributed by atoms with E-state index in [1.165, 1.54) is 19.8 Å². The normalized spacial score (nSPS) is 30.4. The van der Waals surface area contributed by atoms with Crippen LogP contribution in [0.2, 0.25) is 0 Å². The molecule has 0 aromatic heterocycles. The molecule has 1 aliphatic heterocycles. The number of carbonyl (C=O) groups is 2. The summed E-state index contributed by atoms with van der Waals surface area (Å²) < 4.78 is 7.31. The number of aromatic hydroxyl groups is 1. The van der Waals surface area contributed by atoms with E-state index in [2.05, 4.69) is 18.4 Å². The molecule has 1 unspecified atom stereocenters. The van der Waals surface area contributed by atoms with Gasteiger partial charge in [-0.1, -0.05) is 42.5 Å². The van der Waals surface area contributed by atoms with Crippen molar-refractivity contribution in [1.82, 2.24) is 5.32 Å². The maximum absolute atomic E-state index is 13.5. The third-order valence-corrected chi connectivity index (χ3v) is 9.56. The fourth-order valence-electron chi connectivity index (χ4n) is 7.66. The molecule has 4 atom stereocenters. The summed E-state index contributed by atoms with van der Waals surface area (Å²) in [5, 5.41) is 16.0. The SMILES string of the molecule is CC(=O)OC12CC[C@@H](NC(=O)c3ccc4ccccc4c3)C[C@]1(c1cccc(O)c1)CC[N@+](C)(CC1CC1)C2. The minimum Gasteiger partial charge on any atom is -0.508 e. The highest BCUT2D eigenvalue weighted by molar-refractivity contribution is 5.98. The fourth-order valence-corrected chi connectivity index (χ4v) is 7.66. The highest BCUT2D eigenvalue weighted by Crippen LogP contribution is 2.55. The first-order chi connectivity index (χ1) is 18.7. The number of phenols is 1. The predicted molar refractivity (Wildman–Crippen MR) is 151 cm³/mol. The van der Waals surface area contributed by atoms with Gasteiger partial charge in [-0.05, 0) is 72.7 Å². The number of phenolic OH excluding ortho intramolecular Hbond substituents is 1. The van der Waals surface area contributed by atoms with Crippen LogP contribution in [0, 0.1) is 5.92 Å². The van der Waals surface area contributed by atoms with Crippen molar-refractivity contribution < 1.29 is 23.9 Å². The van der Waals surface area contributed by atoms with Crippen molar-refractivity contribution in [1.29, 1.82) is 0 Å². The third-order valence-electron chi connectivity index (χ3n) is 9.56. The molecule has 1 amide bonds. The maximum atomic E-state index is 13.5. The molecule has 39 heavy (non-hydrogen) atoms. The van der Waals surface area contributed by atoms with Crippen molar-refractivity contribution in [3.63, 3.8) is 0 Å². The van der Waals surface area contributed by atoms with Crippen LogP contribution >= 0.6 is 0 Å². The average Bonchev–Trinajstić information content (AvgIpc) is 3.71. The van der Waals surface area contributed by atoms with Crippen molar-refractivity contribution in [3.05, 3.63) is 77.9 Å². The van der Waals surface area contributed by atoms with Crippen molar-refractivity contribution in [2.24, 2.45) is 5.92 Å². The van der Waals surface area contributed by atoms with Crippen LogP contribution in [0.3, 0.4) is 0 Å². The zero-order valence-electron chi connectivity index (χ0n) is 23.0. The average molecular weight is 528 g/mol. The van der Waals surface area contributed by atoms with Gasteiger partial charge in [0.25, 0.3) is 5.91 Å². The maximum Gasteiger partial charge on any atom is 0.303 e. The van der Waals surface area contributed by atoms with Crippen LogP contribution in [0.5, 0.6) is 5.75 Å². The number of nitrogens with one attached hydrogen (secondary N) is 1. The number of likely N-dealkylation sites (tertiary alicyclic amines) is 1. The third kappa shape index (κ3) is 4.91. The Morgan fingerprint density at radius 3 is 2.54 bits per heavy atom. The van der Waals surface area contributed by atoms with Crippen molar-refractivity contribution in [3.8, 4) is 5.75 Å². The molecule has 3 aromatic carbocycles. The van der Waals surface area contributed by atoms with E-state index in [1.54, 1.807) is 6.07 Å². The Hall–Kier alpha value is -3.38. The van der Waals surface area contributed by atoms with Gasteiger partial charge in [-0.3, -0.25) is 9.59 Å². The van der Waals surface area contributed by atoms with Gasteiger partial charge in [0.15, 0.2) is 5.60 Å². The van der Waals surface area contributed by atoms with Gasteiger partial charge in [-0.15, -0.1) is 0 Å². The monoisotopic (exact) mass is 527 g/mol. The van der Waals surface area contributed by atoms with Gasteiger partial charge in [0, 0.05) is 36.3 Å². The molecule has 1 heterocycles. The van der Waals surface area contributed by atoms with Crippen molar-refractivity contribution in [2.45, 2.75) is 62.5 Å². The summed E-state index contributed by atoms with van der Waals surface area (Å²) in [4.78, 5) is 26.1. The smallest absolute Gasteiger partial charge is 0.303 e. The lowest BCUT2D eigenvalue weighted by Crippen LogP contribution is -2.72. The lowest BCUT2D eigenvalue weighted by Gasteiger charge is -2.60. The van der Waals surface area contributed by atoms with E-state index in [4.69, 9.17) is 4.74 Å². The number of esters is 1. The molecule has 3 aliphatic rings. The number of nitrogens with zero attached hydrogens (tertiary/aromatic N) is 1. The number of benzene rings is 3. The van der Waals surface area contributed by atoms with E-state index in [0.29, 0.717) is 18.4 Å². The summed E-state index contributed by atoms with van der Waals surface area (Å²) >= 11 is 0. The predicted octanol–water partition coefficient (Wildman–Crippen LogP) is 5.33. The summed E-state index contributed by atoms with van der Waals surface area (Å²) in [5.41, 5.74) is 0.442. The minimum atomic E-state index is -0.696. The topological polar surface area (TPSA) is 75.6 Å². The molecule has 6 rings (SSSR count). The van der Waals surface area contributed by atoms with Crippen LogP contribution in [0.25, 0.3) is 10.8 Å². The molecule has 6 heteroatoms. The zero-order chi connectivity index (χ0) is 27.3. The van der Waals surface area contributed by atoms with Gasteiger partial charge in [-0.25, -0.2) is 0 Å². The highest BCUT2D eigenvalue weighted by atomic mass is 16.6. The highest BCUT2D eigenvalue weighted by Gasteiger charge is 2.64. The van der Waals surface area contributed by atoms with E-state index in [-0.39, 0.29) is 23.7 Å². The van der Waals surface area contributed by atoms with Gasteiger partial charge in [-0.2, -0.15) is 0 Å². The summed E-state index contributed by atoms with van der Waals surface area (Å²) in [6.45, 7) is 4.35. The molecule has 0 radical (unpaired) electrons. The molecule has 0 spiro atoms. The Balaban J connectivity index is 1.34. The molecule has 3 fully saturated rings. The van der Waals surface area contributed by atoms with Gasteiger partial charge >= 0.3 is 5.97 Å². The van der Waals surface area contributed by atoms with E-state index in [9.17, 15) is 14.7 Å². The number of fused-ring (bicyclic) bond motifs is 2. The lowest BCUT2D eigenvalue weighted by atomic mass is 9.54. The second kappa shape index (κ2) is 9.67. The Labute approximate surface area is 230 Å². The largest absolute Gasteiger partial charge is 0.508 e. The fraction of sp³-hybridized carbons (Fsp3) is 0.455. The molecule has 3 aromatic rings. The summed E-state index contributed by atoms with van der Waals surface area (Å²) in [7, 11) is 2.31. The first-order valence-corrected chi connectivity index (χ1v) is 14.3. The molecule has 2 saturated carbocycles. The van der Waals surface area contributed by atoms with E-state index < -0.39 is 11.0 Å². The number of rotatable bonds is 6. The van der Waals surface area contributed by atoms with Crippen LogP contribution in [0.4, 0.5) is 0 Å². The Kier molecular flexibility index (Phi) is 6.41. The minimum absolute atomic E-state index is 0.0738. The first kappa shape index (κ1) is 25.9. The van der Waals surface area contributed by atoms with Gasteiger partial charge < -0.3 is 19.6 Å². The second-order valence-corrected chi connectivity index (χ2v) is 12.6. The molecule has 6 nitrogen and oxygen atoms in total. The van der Waals surface area contributed by atoms with E-state index in [0.717, 1.165) is 59.2 Å². The number of amides is 1. The number of likely N-dealkylation sites (N-methyl/N-ethyl adjacent to an activating group) is 1. The molecule has 2 aliphatic carbocycles. The van der Waals surface area contributed by atoms with Gasteiger partial charge in [0.05, 0.1) is 20.1 Å². The molecular weight excluding hydrogens is 488 g/mol. The number of carbonyl (C=O) groups excluding carboxylic acids is 2. The number of hydrogen-bond acceptors (Lipinski definition) is 4. The van der Waals surface area contributed by atoms with Gasteiger partial charge in [0.2, 0.25) is 0 Å². The second-order valence-electron chi connectivity index (χ2n) is 12.6. The first-order valence-electron chi connectivity index (χ1n) is 14.3. The lowest BCUT2D eigenvalue weighted by molar-refractivity contribution is -0.924. The number of quaternary nitrogens is 1. The molecule has 1 saturated heterocycles. The standard InChI is InChI=1S/C33H38N2O4/c1-23(36)39-33-15-14-29(34-31(38)27-13-12-25-6-3-4-7-26(25)18-27)20-32(33,28-8-5-9-30(37)19-28)16-17-35(2,22-33)21-24-10-11-24/h3-9,12-13,18-19,24,29H,10-11,14-17,20-22H2,1-2H3,(H-,34,37,38)/p+1/t29-,32+,33?,35-/m1/s1. The Bertz CT molecular complexity index is 1420. The van der Waals surface area contributed by atoms with Crippen LogP contribution in [-0.4, -0.2) is 59.8 Å². The molecule has 204 valence electrons. The van der Waals surface area contributed by atoms with E-state index in [1.807, 2.05) is 54.6 Å². The van der Waals surface area contributed by atoms with Crippen LogP contribution in [0.1, 0.15) is 61.4 Å². The summed E-state index contributed by atoms with van der Waals surface area (Å²) in [6.07, 6.45) is 5.46. The molecular formula is C33H39N2O4+. The van der Waals surface area contributed by atoms with Crippen molar-refractivity contribution >= 4 is 22.6 Å². The number of ether oxygens (including phenoxy) is 1. The Morgan fingerprint density at radius 2 is 1.79 bits per heavy atom. The van der Waals surface area contributed by atoms with Crippen LogP contribution in [-0.2, 0) is 14.9 Å². The van der Waals surface area contributed by atoms with Crippen molar-refractivity contribution in [2.75, 3.05) is 26.7 Å². The van der Waals surface area contributed by atoms with Gasteiger partial charge in [0.1, 0.15) is 12.3 Å². The quantitative estimate of drug-likeness (QED) is 0.336. The molecule has 2 N–H and O–H groups in total. The van der Waals surface area contributed by atoms with Crippen LogP contribution < -0.4 is 5.32 Å². The molecule has 0 bridgehead atoms.